The lowest BCUT2D eigenvalue weighted by Gasteiger charge is -2.27. The monoisotopic (exact) mass is 495 g/mol. The first kappa shape index (κ1) is 22.7. The van der Waals surface area contributed by atoms with Gasteiger partial charge in [0.25, 0.3) is 0 Å². The van der Waals surface area contributed by atoms with E-state index < -0.39 is 10.0 Å². The molecule has 8 nitrogen and oxygen atoms in total. The highest BCUT2D eigenvalue weighted by atomic mass is 32.2. The molecule has 3 heterocycles. The van der Waals surface area contributed by atoms with Gasteiger partial charge in [-0.05, 0) is 85.1 Å². The second kappa shape index (κ2) is 8.95. The second-order valence-corrected chi connectivity index (χ2v) is 10.9. The van der Waals surface area contributed by atoms with Crippen LogP contribution < -0.4 is 10.5 Å². The van der Waals surface area contributed by atoms with E-state index in [0.717, 1.165) is 48.0 Å². The van der Waals surface area contributed by atoms with E-state index in [1.807, 2.05) is 25.1 Å². The summed E-state index contributed by atoms with van der Waals surface area (Å²) in [6.07, 6.45) is 2.18. The number of rotatable bonds is 6. The van der Waals surface area contributed by atoms with E-state index in [4.69, 9.17) is 5.14 Å². The Labute approximate surface area is 201 Å². The van der Waals surface area contributed by atoms with Crippen LogP contribution in [0, 0.1) is 6.92 Å². The highest BCUT2D eigenvalue weighted by Crippen LogP contribution is 2.33. The van der Waals surface area contributed by atoms with E-state index in [2.05, 4.69) is 31.2 Å². The highest BCUT2D eigenvalue weighted by Gasteiger charge is 2.31. The van der Waals surface area contributed by atoms with Gasteiger partial charge in [0.2, 0.25) is 15.9 Å². The Morgan fingerprint density at radius 2 is 1.97 bits per heavy atom. The lowest BCUT2D eigenvalue weighted by Crippen LogP contribution is -2.35. The molecule has 0 saturated carbocycles. The fourth-order valence-corrected chi connectivity index (χ4v) is 5.93. The molecule has 0 bridgehead atoms. The first-order valence-corrected chi connectivity index (χ1v) is 13.5. The van der Waals surface area contributed by atoms with E-state index in [9.17, 15) is 13.2 Å². The molecule has 1 aliphatic heterocycles. The number of nitrogens with two attached hydrogens (primary N) is 1. The van der Waals surface area contributed by atoms with Gasteiger partial charge in [-0.25, -0.2) is 13.6 Å². The number of hydrogen-bond acceptors (Lipinski definition) is 6. The highest BCUT2D eigenvalue weighted by molar-refractivity contribution is 7.89. The zero-order chi connectivity index (χ0) is 23.9. The third kappa shape index (κ3) is 4.37. The number of fused-ring (bicyclic) bond motifs is 1. The number of carbonyl (C=O) groups excluding carboxylic acids is 1. The van der Waals surface area contributed by atoms with Crippen molar-refractivity contribution in [2.75, 3.05) is 18.4 Å². The average molecular weight is 496 g/mol. The summed E-state index contributed by atoms with van der Waals surface area (Å²) in [6.45, 7) is 3.85. The molecule has 2 aromatic carbocycles. The Bertz CT molecular complexity index is 1470. The summed E-state index contributed by atoms with van der Waals surface area (Å²) in [5.74, 6) is -0.0657. The molecule has 34 heavy (non-hydrogen) atoms. The molecule has 1 atom stereocenters. The third-order valence-electron chi connectivity index (χ3n) is 6.21. The van der Waals surface area contributed by atoms with Crippen molar-refractivity contribution in [1.82, 2.24) is 15.1 Å². The molecule has 0 radical (unpaired) electrons. The summed E-state index contributed by atoms with van der Waals surface area (Å²) in [4.78, 5) is 15.7. The SMILES string of the molecule is Cc1cscc1C(C(=O)Nc1ccc2[nH]nc(-c3cccc(S(N)(=O)=O)c3)c2c1)N1CCCC1. The zero-order valence-corrected chi connectivity index (χ0v) is 20.2. The first-order valence-electron chi connectivity index (χ1n) is 11.0. The van der Waals surface area contributed by atoms with E-state index in [1.54, 1.807) is 23.5 Å². The molecule has 5 rings (SSSR count). The van der Waals surface area contributed by atoms with Gasteiger partial charge in [0, 0.05) is 16.6 Å². The molecule has 1 unspecified atom stereocenters. The molecular formula is C24H25N5O3S2. The number of aromatic amines is 1. The number of likely N-dealkylation sites (tertiary alicyclic amines) is 1. The summed E-state index contributed by atoms with van der Waals surface area (Å²) >= 11 is 1.61. The predicted octanol–water partition coefficient (Wildman–Crippen LogP) is 4.02. The van der Waals surface area contributed by atoms with Crippen molar-refractivity contribution < 1.29 is 13.2 Å². The zero-order valence-electron chi connectivity index (χ0n) is 18.6. The smallest absolute Gasteiger partial charge is 0.246 e. The Kier molecular flexibility index (Phi) is 5.98. The maximum Gasteiger partial charge on any atom is 0.246 e. The Balaban J connectivity index is 1.48. The van der Waals surface area contributed by atoms with Gasteiger partial charge in [-0.15, -0.1) is 0 Å². The van der Waals surface area contributed by atoms with Crippen molar-refractivity contribution in [2.24, 2.45) is 5.14 Å². The van der Waals surface area contributed by atoms with Crippen molar-refractivity contribution >= 4 is 43.9 Å². The van der Waals surface area contributed by atoms with Crippen LogP contribution in [0.15, 0.2) is 58.1 Å². The minimum Gasteiger partial charge on any atom is -0.324 e. The van der Waals surface area contributed by atoms with Crippen LogP contribution in [-0.2, 0) is 14.8 Å². The Hall–Kier alpha value is -3.05. The molecule has 1 fully saturated rings. The minimum absolute atomic E-state index is 0.0187. The number of amides is 1. The van der Waals surface area contributed by atoms with E-state index >= 15 is 0 Å². The number of hydrogen-bond donors (Lipinski definition) is 3. The standard InChI is InChI=1S/C24H25N5O3S2/c1-15-13-33-14-20(15)23(29-9-2-3-10-29)24(30)26-17-7-8-21-19(12-17)22(28-27-21)16-5-4-6-18(11-16)34(25,31)32/h4-8,11-14,23H,2-3,9-10H2,1H3,(H,26,30)(H,27,28)(H2,25,31,32). The molecule has 1 aliphatic rings. The van der Waals surface area contributed by atoms with Gasteiger partial charge in [-0.3, -0.25) is 14.8 Å². The summed E-state index contributed by atoms with van der Waals surface area (Å²) in [5.41, 5.74) is 4.80. The normalized spacial score (nSPS) is 15.6. The van der Waals surface area contributed by atoms with Gasteiger partial charge in [-0.1, -0.05) is 12.1 Å². The molecular weight excluding hydrogens is 470 g/mol. The number of H-pyrrole nitrogens is 1. The van der Waals surface area contributed by atoms with Gasteiger partial charge >= 0.3 is 0 Å². The van der Waals surface area contributed by atoms with Crippen LogP contribution >= 0.6 is 11.3 Å². The Morgan fingerprint density at radius 3 is 2.68 bits per heavy atom. The number of nitrogens with zero attached hydrogens (tertiary/aromatic N) is 2. The molecule has 2 aromatic heterocycles. The van der Waals surface area contributed by atoms with Crippen LogP contribution in [0.25, 0.3) is 22.2 Å². The molecule has 176 valence electrons. The quantitative estimate of drug-likeness (QED) is 0.373. The van der Waals surface area contributed by atoms with Gasteiger partial charge in [-0.2, -0.15) is 16.4 Å². The topological polar surface area (TPSA) is 121 Å². The van der Waals surface area contributed by atoms with Crippen molar-refractivity contribution in [2.45, 2.75) is 30.7 Å². The molecule has 0 spiro atoms. The average Bonchev–Trinajstić information content (AvgIpc) is 3.56. The number of aryl methyl sites for hydroxylation is 1. The first-order chi connectivity index (χ1) is 16.3. The van der Waals surface area contributed by atoms with Crippen molar-refractivity contribution in [3.8, 4) is 11.3 Å². The number of thiophene rings is 1. The van der Waals surface area contributed by atoms with Gasteiger partial charge in [0.05, 0.1) is 10.4 Å². The second-order valence-electron chi connectivity index (χ2n) is 8.55. The fourth-order valence-electron chi connectivity index (χ4n) is 4.50. The maximum absolute atomic E-state index is 13.5. The number of aromatic nitrogens is 2. The van der Waals surface area contributed by atoms with Crippen molar-refractivity contribution in [3.63, 3.8) is 0 Å². The number of nitrogens with one attached hydrogen (secondary N) is 2. The molecule has 10 heteroatoms. The van der Waals surface area contributed by atoms with Gasteiger partial charge in [0.15, 0.2) is 0 Å². The number of benzene rings is 2. The van der Waals surface area contributed by atoms with Crippen molar-refractivity contribution in [3.05, 3.63) is 64.4 Å². The van der Waals surface area contributed by atoms with E-state index in [-0.39, 0.29) is 16.8 Å². The molecule has 1 saturated heterocycles. The molecule has 1 amide bonds. The predicted molar refractivity (Wildman–Crippen MR) is 134 cm³/mol. The number of carbonyl (C=O) groups is 1. The number of sulfonamides is 1. The number of anilines is 1. The summed E-state index contributed by atoms with van der Waals surface area (Å²) < 4.78 is 23.6. The minimum atomic E-state index is -3.84. The summed E-state index contributed by atoms with van der Waals surface area (Å²) in [6, 6.07) is 11.6. The van der Waals surface area contributed by atoms with Crippen LogP contribution in [0.5, 0.6) is 0 Å². The maximum atomic E-state index is 13.5. The van der Waals surface area contributed by atoms with Gasteiger partial charge in [0.1, 0.15) is 11.7 Å². The van der Waals surface area contributed by atoms with Crippen LogP contribution in [-0.4, -0.2) is 42.5 Å². The van der Waals surface area contributed by atoms with Crippen molar-refractivity contribution in [1.29, 1.82) is 0 Å². The summed E-state index contributed by atoms with van der Waals surface area (Å²) in [7, 11) is -3.84. The van der Waals surface area contributed by atoms with Crippen LogP contribution in [0.1, 0.15) is 30.0 Å². The molecule has 0 aliphatic carbocycles. The molecule has 4 N–H and O–H groups in total. The van der Waals surface area contributed by atoms with E-state index in [0.29, 0.717) is 16.9 Å². The third-order valence-corrected chi connectivity index (χ3v) is 8.00. The van der Waals surface area contributed by atoms with E-state index in [1.165, 1.54) is 12.1 Å². The lowest BCUT2D eigenvalue weighted by molar-refractivity contribution is -0.121. The van der Waals surface area contributed by atoms with Crippen LogP contribution in [0.2, 0.25) is 0 Å². The molecule has 4 aromatic rings. The Morgan fingerprint density at radius 1 is 1.18 bits per heavy atom. The summed E-state index contributed by atoms with van der Waals surface area (Å²) in [5, 5.41) is 20.7. The van der Waals surface area contributed by atoms with Gasteiger partial charge < -0.3 is 5.32 Å². The lowest BCUT2D eigenvalue weighted by atomic mass is 10.0. The largest absolute Gasteiger partial charge is 0.324 e. The van der Waals surface area contributed by atoms with Crippen LogP contribution in [0.4, 0.5) is 5.69 Å². The van der Waals surface area contributed by atoms with Crippen LogP contribution in [0.3, 0.4) is 0 Å². The fraction of sp³-hybridized carbons (Fsp3) is 0.250. The number of primary sulfonamides is 1.